The lowest BCUT2D eigenvalue weighted by Gasteiger charge is -2.32. The van der Waals surface area contributed by atoms with Crippen LogP contribution >= 0.6 is 0 Å². The molecular weight excluding hydrogens is 258 g/mol. The van der Waals surface area contributed by atoms with Crippen LogP contribution in [0.4, 0.5) is 0 Å². The number of esters is 1. The SMILES string of the molecule is CCOC(=O)CS(=O)(=O)N1CCN(CC#N)CC1. The molecule has 102 valence electrons. The van der Waals surface area contributed by atoms with Gasteiger partial charge in [0.15, 0.2) is 5.75 Å². The quantitative estimate of drug-likeness (QED) is 0.473. The first-order valence-corrected chi connectivity index (χ1v) is 7.33. The Balaban J connectivity index is 2.51. The maximum Gasteiger partial charge on any atom is 0.322 e. The fourth-order valence-electron chi connectivity index (χ4n) is 1.71. The second kappa shape index (κ2) is 6.68. The zero-order chi connectivity index (χ0) is 13.6. The highest BCUT2D eigenvalue weighted by Gasteiger charge is 2.29. The van der Waals surface area contributed by atoms with E-state index in [2.05, 4.69) is 4.74 Å². The molecule has 1 fully saturated rings. The molecule has 0 aromatic rings. The van der Waals surface area contributed by atoms with Gasteiger partial charge >= 0.3 is 5.97 Å². The molecule has 0 saturated carbocycles. The average molecular weight is 275 g/mol. The van der Waals surface area contributed by atoms with Gasteiger partial charge in [0.25, 0.3) is 0 Å². The maximum atomic E-state index is 11.9. The van der Waals surface area contributed by atoms with Gasteiger partial charge in [-0.3, -0.25) is 9.69 Å². The van der Waals surface area contributed by atoms with Gasteiger partial charge in [-0.25, -0.2) is 8.42 Å². The fourth-order valence-corrected chi connectivity index (χ4v) is 2.99. The predicted molar refractivity (Wildman–Crippen MR) is 64.0 cm³/mol. The Morgan fingerprint density at radius 3 is 2.44 bits per heavy atom. The Kier molecular flexibility index (Phi) is 5.53. The number of carbonyl (C=O) groups is 1. The highest BCUT2D eigenvalue weighted by molar-refractivity contribution is 7.89. The first-order valence-electron chi connectivity index (χ1n) is 5.72. The number of nitriles is 1. The van der Waals surface area contributed by atoms with Gasteiger partial charge in [-0.05, 0) is 6.92 Å². The molecular formula is C10H17N3O4S. The molecule has 0 aromatic carbocycles. The minimum atomic E-state index is -3.59. The molecule has 1 saturated heterocycles. The van der Waals surface area contributed by atoms with Crippen LogP contribution in [0.15, 0.2) is 0 Å². The molecule has 0 bridgehead atoms. The number of hydrogen-bond acceptors (Lipinski definition) is 6. The van der Waals surface area contributed by atoms with Crippen molar-refractivity contribution in [1.82, 2.24) is 9.21 Å². The summed E-state index contributed by atoms with van der Waals surface area (Å²) in [4.78, 5) is 13.1. The van der Waals surface area contributed by atoms with Crippen LogP contribution in [-0.4, -0.2) is 68.7 Å². The van der Waals surface area contributed by atoms with E-state index in [1.807, 2.05) is 11.0 Å². The van der Waals surface area contributed by atoms with Crippen LogP contribution in [0.5, 0.6) is 0 Å². The zero-order valence-corrected chi connectivity index (χ0v) is 11.1. The van der Waals surface area contributed by atoms with Crippen LogP contribution in [0.2, 0.25) is 0 Å². The van der Waals surface area contributed by atoms with Crippen molar-refractivity contribution in [3.05, 3.63) is 0 Å². The molecule has 1 aliphatic rings. The van der Waals surface area contributed by atoms with Gasteiger partial charge < -0.3 is 4.74 Å². The van der Waals surface area contributed by atoms with Crippen molar-refractivity contribution in [2.45, 2.75) is 6.92 Å². The molecule has 0 unspecified atom stereocenters. The largest absolute Gasteiger partial charge is 0.465 e. The summed E-state index contributed by atoms with van der Waals surface area (Å²) < 4.78 is 29.7. The molecule has 18 heavy (non-hydrogen) atoms. The van der Waals surface area contributed by atoms with Crippen LogP contribution in [0.1, 0.15) is 6.92 Å². The summed E-state index contributed by atoms with van der Waals surface area (Å²) in [6.07, 6.45) is 0. The molecule has 0 atom stereocenters. The highest BCUT2D eigenvalue weighted by atomic mass is 32.2. The molecule has 0 amide bonds. The minimum Gasteiger partial charge on any atom is -0.465 e. The molecule has 0 aliphatic carbocycles. The minimum absolute atomic E-state index is 0.171. The van der Waals surface area contributed by atoms with E-state index < -0.39 is 21.7 Å². The third kappa shape index (κ3) is 4.25. The van der Waals surface area contributed by atoms with Crippen LogP contribution < -0.4 is 0 Å². The van der Waals surface area contributed by atoms with Crippen molar-refractivity contribution in [3.63, 3.8) is 0 Å². The van der Waals surface area contributed by atoms with E-state index in [4.69, 9.17) is 5.26 Å². The average Bonchev–Trinajstić information content (AvgIpc) is 2.29. The normalized spacial score (nSPS) is 18.2. The summed E-state index contributed by atoms with van der Waals surface area (Å²) >= 11 is 0. The molecule has 8 heteroatoms. The monoisotopic (exact) mass is 275 g/mol. The Labute approximate surface area is 107 Å². The number of hydrogen-bond donors (Lipinski definition) is 0. The van der Waals surface area contributed by atoms with E-state index in [1.54, 1.807) is 6.92 Å². The van der Waals surface area contributed by atoms with Gasteiger partial charge in [0.1, 0.15) is 0 Å². The van der Waals surface area contributed by atoms with Crippen molar-refractivity contribution in [2.24, 2.45) is 0 Å². The Morgan fingerprint density at radius 1 is 1.33 bits per heavy atom. The van der Waals surface area contributed by atoms with Gasteiger partial charge in [-0.2, -0.15) is 9.57 Å². The second-order valence-corrected chi connectivity index (χ2v) is 5.86. The predicted octanol–water partition coefficient (Wildman–Crippen LogP) is -0.980. The Morgan fingerprint density at radius 2 is 1.94 bits per heavy atom. The van der Waals surface area contributed by atoms with Crippen molar-refractivity contribution >= 4 is 16.0 Å². The van der Waals surface area contributed by atoms with Crippen LogP contribution in [0.3, 0.4) is 0 Å². The first kappa shape index (κ1) is 14.9. The van der Waals surface area contributed by atoms with Gasteiger partial charge in [-0.15, -0.1) is 0 Å². The smallest absolute Gasteiger partial charge is 0.322 e. The number of nitrogens with zero attached hydrogens (tertiary/aromatic N) is 3. The lowest BCUT2D eigenvalue weighted by molar-refractivity contribution is -0.140. The number of ether oxygens (including phenoxy) is 1. The number of sulfonamides is 1. The summed E-state index contributed by atoms with van der Waals surface area (Å²) in [6.45, 7) is 3.74. The van der Waals surface area contributed by atoms with Crippen LogP contribution in [0.25, 0.3) is 0 Å². The molecule has 1 rings (SSSR count). The molecule has 0 aromatic heterocycles. The summed E-state index contributed by atoms with van der Waals surface area (Å²) in [6, 6.07) is 2.02. The topological polar surface area (TPSA) is 90.7 Å². The zero-order valence-electron chi connectivity index (χ0n) is 10.3. The maximum absolute atomic E-state index is 11.9. The molecule has 0 radical (unpaired) electrons. The van der Waals surface area contributed by atoms with Gasteiger partial charge in [0.2, 0.25) is 10.0 Å². The second-order valence-electron chi connectivity index (χ2n) is 3.89. The van der Waals surface area contributed by atoms with Gasteiger partial charge in [-0.1, -0.05) is 0 Å². The lowest BCUT2D eigenvalue weighted by atomic mass is 10.4. The molecule has 7 nitrogen and oxygen atoms in total. The van der Waals surface area contributed by atoms with E-state index in [0.717, 1.165) is 0 Å². The van der Waals surface area contributed by atoms with Crippen LogP contribution in [-0.2, 0) is 19.6 Å². The molecule has 0 N–H and O–H groups in total. The number of carbonyl (C=O) groups excluding carboxylic acids is 1. The van der Waals surface area contributed by atoms with Crippen molar-refractivity contribution < 1.29 is 17.9 Å². The van der Waals surface area contributed by atoms with Gasteiger partial charge in [0, 0.05) is 26.2 Å². The highest BCUT2D eigenvalue weighted by Crippen LogP contribution is 2.08. The lowest BCUT2D eigenvalue weighted by Crippen LogP contribution is -2.49. The van der Waals surface area contributed by atoms with E-state index in [1.165, 1.54) is 4.31 Å². The third-order valence-electron chi connectivity index (χ3n) is 2.62. The first-order chi connectivity index (χ1) is 8.49. The Hall–Kier alpha value is -1.17. The molecule has 1 aliphatic heterocycles. The summed E-state index contributed by atoms with van der Waals surface area (Å²) in [5.74, 6) is -1.34. The Bertz CT molecular complexity index is 421. The summed E-state index contributed by atoms with van der Waals surface area (Å²) in [5.41, 5.74) is 0. The van der Waals surface area contributed by atoms with Crippen molar-refractivity contribution in [2.75, 3.05) is 45.1 Å². The standard InChI is InChI=1S/C10H17N3O4S/c1-2-17-10(14)9-18(15,16)13-7-5-12(4-3-11)6-8-13/h2,4-9H2,1H3. The number of piperazine rings is 1. The van der Waals surface area contributed by atoms with E-state index in [0.29, 0.717) is 32.7 Å². The van der Waals surface area contributed by atoms with E-state index in [9.17, 15) is 13.2 Å². The summed E-state index contributed by atoms with van der Waals surface area (Å²) in [7, 11) is -3.59. The van der Waals surface area contributed by atoms with E-state index >= 15 is 0 Å². The van der Waals surface area contributed by atoms with Crippen molar-refractivity contribution in [3.8, 4) is 6.07 Å². The molecule has 0 spiro atoms. The van der Waals surface area contributed by atoms with Crippen molar-refractivity contribution in [1.29, 1.82) is 5.26 Å². The van der Waals surface area contributed by atoms with Gasteiger partial charge in [0.05, 0.1) is 19.2 Å². The third-order valence-corrected chi connectivity index (χ3v) is 4.38. The summed E-state index contributed by atoms with van der Waals surface area (Å²) in [5, 5.41) is 8.54. The van der Waals surface area contributed by atoms with E-state index in [-0.39, 0.29) is 6.61 Å². The van der Waals surface area contributed by atoms with Crippen LogP contribution in [0, 0.1) is 11.3 Å². The fraction of sp³-hybridized carbons (Fsp3) is 0.800. The molecule has 1 heterocycles. The number of rotatable bonds is 5.